The van der Waals surface area contributed by atoms with Crippen LogP contribution < -0.4 is 4.90 Å². The first-order valence-corrected chi connectivity index (χ1v) is 6.93. The predicted octanol–water partition coefficient (Wildman–Crippen LogP) is 2.80. The van der Waals surface area contributed by atoms with Crippen LogP contribution in [-0.4, -0.2) is 17.4 Å². The van der Waals surface area contributed by atoms with Crippen molar-refractivity contribution in [1.82, 2.24) is 4.98 Å². The summed E-state index contributed by atoms with van der Waals surface area (Å²) in [5, 5.41) is 2.71. The van der Waals surface area contributed by atoms with Gasteiger partial charge in [0, 0.05) is 29.8 Å². The van der Waals surface area contributed by atoms with Crippen LogP contribution in [0.2, 0.25) is 0 Å². The highest BCUT2D eigenvalue weighted by atomic mass is 32.1. The number of hydrogen-bond acceptors (Lipinski definition) is 3. The molecule has 1 fully saturated rings. The van der Waals surface area contributed by atoms with Gasteiger partial charge in [-0.1, -0.05) is 30.3 Å². The smallest absolute Gasteiger partial charge is 0.230 e. The Morgan fingerprint density at radius 3 is 2.84 bits per heavy atom. The van der Waals surface area contributed by atoms with Gasteiger partial charge in [-0.15, -0.1) is 23.7 Å². The monoisotopic (exact) mass is 268 g/mol. The number of terminal acetylenes is 1. The molecule has 1 aliphatic heterocycles. The van der Waals surface area contributed by atoms with E-state index in [2.05, 4.69) is 10.9 Å². The Labute approximate surface area is 115 Å². The Morgan fingerprint density at radius 1 is 1.37 bits per heavy atom. The van der Waals surface area contributed by atoms with E-state index in [9.17, 15) is 4.79 Å². The van der Waals surface area contributed by atoms with E-state index in [1.807, 2.05) is 35.7 Å². The lowest BCUT2D eigenvalue weighted by molar-refractivity contribution is -0.117. The fraction of sp³-hybridized carbons (Fsp3) is 0.200. The minimum Gasteiger partial charge on any atom is -0.287 e. The molecular weight excluding hydrogens is 256 g/mol. The molecule has 1 aromatic heterocycles. The SMILES string of the molecule is C#CC1CC(=O)N(c2nc(-c3ccccc3)cs2)C1. The first kappa shape index (κ1) is 11.9. The van der Waals surface area contributed by atoms with Gasteiger partial charge in [-0.05, 0) is 0 Å². The zero-order valence-corrected chi connectivity index (χ0v) is 11.1. The van der Waals surface area contributed by atoms with Crippen LogP contribution in [0.1, 0.15) is 6.42 Å². The van der Waals surface area contributed by atoms with Crippen LogP contribution in [-0.2, 0) is 4.79 Å². The number of anilines is 1. The topological polar surface area (TPSA) is 33.2 Å². The molecule has 0 aliphatic carbocycles. The van der Waals surface area contributed by atoms with Gasteiger partial charge >= 0.3 is 0 Å². The second kappa shape index (κ2) is 4.87. The van der Waals surface area contributed by atoms with Gasteiger partial charge in [-0.25, -0.2) is 4.98 Å². The number of carbonyl (C=O) groups is 1. The largest absolute Gasteiger partial charge is 0.287 e. The van der Waals surface area contributed by atoms with Gasteiger partial charge in [0.2, 0.25) is 5.91 Å². The maximum atomic E-state index is 11.9. The van der Waals surface area contributed by atoms with Crippen LogP contribution >= 0.6 is 11.3 Å². The first-order valence-electron chi connectivity index (χ1n) is 6.05. The van der Waals surface area contributed by atoms with Gasteiger partial charge in [0.1, 0.15) is 0 Å². The average molecular weight is 268 g/mol. The number of nitrogens with zero attached hydrogens (tertiary/aromatic N) is 2. The summed E-state index contributed by atoms with van der Waals surface area (Å²) in [4.78, 5) is 18.1. The molecule has 19 heavy (non-hydrogen) atoms. The van der Waals surface area contributed by atoms with Crippen molar-refractivity contribution in [3.05, 3.63) is 35.7 Å². The molecule has 0 N–H and O–H groups in total. The Balaban J connectivity index is 1.87. The molecule has 3 rings (SSSR count). The van der Waals surface area contributed by atoms with E-state index in [1.165, 1.54) is 11.3 Å². The molecule has 94 valence electrons. The quantitative estimate of drug-likeness (QED) is 0.785. The Bertz CT molecular complexity index is 642. The molecule has 1 saturated heterocycles. The highest BCUT2D eigenvalue weighted by Gasteiger charge is 2.31. The number of hydrogen-bond donors (Lipinski definition) is 0. The van der Waals surface area contributed by atoms with Gasteiger partial charge in [0.05, 0.1) is 5.69 Å². The molecule has 0 saturated carbocycles. The average Bonchev–Trinajstić information content (AvgIpc) is 3.06. The minimum absolute atomic E-state index is 0.0107. The molecule has 0 radical (unpaired) electrons. The Hall–Kier alpha value is -2.12. The summed E-state index contributed by atoms with van der Waals surface area (Å²) in [5.74, 6) is 2.72. The van der Waals surface area contributed by atoms with Crippen molar-refractivity contribution in [3.63, 3.8) is 0 Å². The molecule has 0 bridgehead atoms. The van der Waals surface area contributed by atoms with Crippen molar-refractivity contribution in [2.75, 3.05) is 11.4 Å². The predicted molar refractivity (Wildman–Crippen MR) is 76.8 cm³/mol. The molecule has 1 amide bonds. The van der Waals surface area contributed by atoms with E-state index in [0.717, 1.165) is 16.4 Å². The fourth-order valence-electron chi connectivity index (χ4n) is 2.13. The molecule has 1 unspecified atom stereocenters. The molecule has 1 aromatic carbocycles. The van der Waals surface area contributed by atoms with Crippen molar-refractivity contribution >= 4 is 22.4 Å². The van der Waals surface area contributed by atoms with Crippen LogP contribution in [0, 0.1) is 18.3 Å². The van der Waals surface area contributed by atoms with Crippen molar-refractivity contribution in [1.29, 1.82) is 0 Å². The lowest BCUT2D eigenvalue weighted by Gasteiger charge is -2.10. The summed E-state index contributed by atoms with van der Waals surface area (Å²) < 4.78 is 0. The highest BCUT2D eigenvalue weighted by molar-refractivity contribution is 7.14. The van der Waals surface area contributed by atoms with Crippen molar-refractivity contribution in [2.24, 2.45) is 5.92 Å². The van der Waals surface area contributed by atoms with Crippen molar-refractivity contribution in [2.45, 2.75) is 6.42 Å². The van der Waals surface area contributed by atoms with Crippen LogP contribution in [0.15, 0.2) is 35.7 Å². The zero-order chi connectivity index (χ0) is 13.2. The van der Waals surface area contributed by atoms with Gasteiger partial charge < -0.3 is 0 Å². The lowest BCUT2D eigenvalue weighted by atomic mass is 10.1. The molecule has 4 heteroatoms. The number of rotatable bonds is 2. The Morgan fingerprint density at radius 2 is 2.16 bits per heavy atom. The van der Waals surface area contributed by atoms with Gasteiger partial charge in [-0.2, -0.15) is 0 Å². The number of carbonyl (C=O) groups excluding carboxylic acids is 1. The normalized spacial score (nSPS) is 18.6. The van der Waals surface area contributed by atoms with Crippen LogP contribution in [0.4, 0.5) is 5.13 Å². The third-order valence-corrected chi connectivity index (χ3v) is 4.02. The first-order chi connectivity index (χ1) is 9.28. The van der Waals surface area contributed by atoms with E-state index in [0.29, 0.717) is 13.0 Å². The van der Waals surface area contributed by atoms with E-state index >= 15 is 0 Å². The number of amides is 1. The summed E-state index contributed by atoms with van der Waals surface area (Å²) in [6.07, 6.45) is 5.81. The molecule has 0 spiro atoms. The standard InChI is InChI=1S/C15H12N2OS/c1-2-11-8-14(18)17(9-11)15-16-13(10-19-15)12-6-4-3-5-7-12/h1,3-7,10-11H,8-9H2. The maximum Gasteiger partial charge on any atom is 0.230 e. The minimum atomic E-state index is 0.0107. The molecule has 3 nitrogen and oxygen atoms in total. The van der Waals surface area contributed by atoms with Crippen molar-refractivity contribution in [3.8, 4) is 23.6 Å². The number of aromatic nitrogens is 1. The lowest BCUT2D eigenvalue weighted by Crippen LogP contribution is -2.24. The van der Waals surface area contributed by atoms with E-state index < -0.39 is 0 Å². The highest BCUT2D eigenvalue weighted by Crippen LogP contribution is 2.31. The summed E-state index contributed by atoms with van der Waals surface area (Å²) in [6.45, 7) is 0.580. The Kier molecular flexibility index (Phi) is 3.06. The van der Waals surface area contributed by atoms with Crippen molar-refractivity contribution < 1.29 is 4.79 Å². The summed E-state index contributed by atoms with van der Waals surface area (Å²) in [7, 11) is 0. The second-order valence-corrected chi connectivity index (χ2v) is 5.29. The van der Waals surface area contributed by atoms with Gasteiger partial charge in [-0.3, -0.25) is 9.69 Å². The van der Waals surface area contributed by atoms with Gasteiger partial charge in [0.25, 0.3) is 0 Å². The molecule has 2 heterocycles. The van der Waals surface area contributed by atoms with Crippen LogP contribution in [0.25, 0.3) is 11.3 Å². The molecule has 1 aliphatic rings. The molecule has 1 atom stereocenters. The van der Waals surface area contributed by atoms with Gasteiger partial charge in [0.15, 0.2) is 5.13 Å². The molecule has 2 aromatic rings. The summed E-state index contributed by atoms with van der Waals surface area (Å²) in [6, 6.07) is 9.94. The van der Waals surface area contributed by atoms with E-state index in [4.69, 9.17) is 6.42 Å². The maximum absolute atomic E-state index is 11.9. The fourth-order valence-corrected chi connectivity index (χ4v) is 2.99. The summed E-state index contributed by atoms with van der Waals surface area (Å²) >= 11 is 1.48. The zero-order valence-electron chi connectivity index (χ0n) is 10.2. The second-order valence-electron chi connectivity index (χ2n) is 4.45. The van der Waals surface area contributed by atoms with Crippen LogP contribution in [0.3, 0.4) is 0 Å². The van der Waals surface area contributed by atoms with Crippen LogP contribution in [0.5, 0.6) is 0 Å². The summed E-state index contributed by atoms with van der Waals surface area (Å²) in [5.41, 5.74) is 1.96. The third kappa shape index (κ3) is 2.25. The van der Waals surface area contributed by atoms with E-state index in [-0.39, 0.29) is 11.8 Å². The number of benzene rings is 1. The third-order valence-electron chi connectivity index (χ3n) is 3.15. The van der Waals surface area contributed by atoms with E-state index in [1.54, 1.807) is 4.90 Å². The molecular formula is C15H12N2OS. The number of thiazole rings is 1.